The Morgan fingerprint density at radius 1 is 0.789 bits per heavy atom. The van der Waals surface area contributed by atoms with E-state index in [1.165, 1.54) is 30.4 Å². The summed E-state index contributed by atoms with van der Waals surface area (Å²) >= 11 is 0. The summed E-state index contributed by atoms with van der Waals surface area (Å²) < 4.78 is 0. The van der Waals surface area contributed by atoms with Crippen LogP contribution in [0, 0.1) is 6.07 Å². The van der Waals surface area contributed by atoms with Crippen LogP contribution >= 0.6 is 0 Å². The van der Waals surface area contributed by atoms with E-state index in [-0.39, 0.29) is 0 Å². The molecule has 1 fully saturated rings. The third kappa shape index (κ3) is 3.15. The lowest BCUT2D eigenvalue weighted by atomic mass is 10.1. The Morgan fingerprint density at radius 3 is 2.11 bits per heavy atom. The standard InChI is InChI=1S/C17H18NO/c1-3-7-15(8-4-1)16-9-11-17(12-10-16)19-18-13-5-2-6-14-18/h3-4,7-12H,2,5-6,13-14H2. The fourth-order valence-electron chi connectivity index (χ4n) is 2.39. The number of nitrogens with zero attached hydrogens (tertiary/aromatic N) is 1. The van der Waals surface area contributed by atoms with Crippen molar-refractivity contribution in [2.24, 2.45) is 0 Å². The molecule has 0 atom stereocenters. The Hall–Kier alpha value is -1.80. The van der Waals surface area contributed by atoms with Gasteiger partial charge in [0.1, 0.15) is 5.75 Å². The minimum absolute atomic E-state index is 0.924. The van der Waals surface area contributed by atoms with Crippen LogP contribution in [0.5, 0.6) is 5.75 Å². The van der Waals surface area contributed by atoms with Crippen molar-refractivity contribution >= 4 is 0 Å². The first-order chi connectivity index (χ1) is 9.42. The molecule has 2 aromatic rings. The van der Waals surface area contributed by atoms with Crippen LogP contribution in [0.25, 0.3) is 11.1 Å². The first kappa shape index (κ1) is 12.2. The highest BCUT2D eigenvalue weighted by Crippen LogP contribution is 2.23. The molecule has 2 heteroatoms. The van der Waals surface area contributed by atoms with Gasteiger partial charge >= 0.3 is 0 Å². The van der Waals surface area contributed by atoms with Gasteiger partial charge in [-0.3, -0.25) is 0 Å². The first-order valence-electron chi connectivity index (χ1n) is 6.91. The van der Waals surface area contributed by atoms with E-state index in [1.807, 2.05) is 24.3 Å². The van der Waals surface area contributed by atoms with E-state index in [0.29, 0.717) is 0 Å². The van der Waals surface area contributed by atoms with Gasteiger partial charge in [-0.15, -0.1) is 5.06 Å². The summed E-state index contributed by atoms with van der Waals surface area (Å²) in [6.07, 6.45) is 3.79. The van der Waals surface area contributed by atoms with Gasteiger partial charge in [-0.1, -0.05) is 42.8 Å². The van der Waals surface area contributed by atoms with Crippen molar-refractivity contribution in [1.29, 1.82) is 0 Å². The summed E-state index contributed by atoms with van der Waals surface area (Å²) in [4.78, 5) is 5.87. The van der Waals surface area contributed by atoms with Gasteiger partial charge < -0.3 is 4.84 Å². The number of rotatable bonds is 3. The van der Waals surface area contributed by atoms with E-state index in [0.717, 1.165) is 18.8 Å². The van der Waals surface area contributed by atoms with Crippen LogP contribution in [-0.2, 0) is 0 Å². The van der Waals surface area contributed by atoms with Gasteiger partial charge in [0.15, 0.2) is 0 Å². The molecule has 3 rings (SSSR count). The lowest BCUT2D eigenvalue weighted by Gasteiger charge is -2.26. The molecule has 1 heterocycles. The summed E-state index contributed by atoms with van der Waals surface area (Å²) in [6.45, 7) is 2.08. The molecule has 2 nitrogen and oxygen atoms in total. The molecule has 0 amide bonds. The molecule has 0 aliphatic carbocycles. The largest absolute Gasteiger partial charge is 0.406 e. The highest BCUT2D eigenvalue weighted by atomic mass is 16.7. The van der Waals surface area contributed by atoms with E-state index in [1.54, 1.807) is 0 Å². The smallest absolute Gasteiger partial charge is 0.147 e. The molecular weight excluding hydrogens is 234 g/mol. The van der Waals surface area contributed by atoms with Crippen molar-refractivity contribution < 1.29 is 4.84 Å². The zero-order chi connectivity index (χ0) is 12.9. The van der Waals surface area contributed by atoms with Gasteiger partial charge in [-0.05, 0) is 42.2 Å². The number of hydrogen-bond acceptors (Lipinski definition) is 2. The van der Waals surface area contributed by atoms with Crippen LogP contribution in [-0.4, -0.2) is 18.2 Å². The normalized spacial score (nSPS) is 16.2. The van der Waals surface area contributed by atoms with Crippen molar-refractivity contribution in [2.75, 3.05) is 13.1 Å². The second-order valence-corrected chi connectivity index (χ2v) is 4.89. The summed E-state index contributed by atoms with van der Waals surface area (Å²) in [6, 6.07) is 19.3. The van der Waals surface area contributed by atoms with Crippen LogP contribution in [0.1, 0.15) is 19.3 Å². The van der Waals surface area contributed by atoms with Crippen LogP contribution in [0.3, 0.4) is 0 Å². The highest BCUT2D eigenvalue weighted by molar-refractivity contribution is 5.63. The quantitative estimate of drug-likeness (QED) is 0.820. The van der Waals surface area contributed by atoms with Crippen molar-refractivity contribution in [3.8, 4) is 16.9 Å². The van der Waals surface area contributed by atoms with Gasteiger partial charge in [0.2, 0.25) is 0 Å². The fourth-order valence-corrected chi connectivity index (χ4v) is 2.39. The van der Waals surface area contributed by atoms with Crippen molar-refractivity contribution in [2.45, 2.75) is 19.3 Å². The molecule has 19 heavy (non-hydrogen) atoms. The van der Waals surface area contributed by atoms with E-state index < -0.39 is 0 Å². The molecule has 0 saturated carbocycles. The lowest BCUT2D eigenvalue weighted by Crippen LogP contribution is -2.32. The molecule has 1 saturated heterocycles. The van der Waals surface area contributed by atoms with Gasteiger partial charge in [-0.2, -0.15) is 0 Å². The molecule has 1 aliphatic rings. The molecule has 0 unspecified atom stereocenters. The van der Waals surface area contributed by atoms with Gasteiger partial charge in [-0.25, -0.2) is 0 Å². The zero-order valence-corrected chi connectivity index (χ0v) is 11.0. The molecular formula is C17H18NO. The SMILES string of the molecule is [c]1ccc(-c2ccc(ON3CCCCC3)cc2)cc1. The monoisotopic (exact) mass is 252 g/mol. The number of hydroxylamine groups is 2. The molecule has 0 spiro atoms. The Bertz CT molecular complexity index is 501. The van der Waals surface area contributed by atoms with Gasteiger partial charge in [0, 0.05) is 13.1 Å². The summed E-state index contributed by atoms with van der Waals surface area (Å²) in [5.74, 6) is 0.924. The van der Waals surface area contributed by atoms with Crippen LogP contribution in [0.4, 0.5) is 0 Å². The molecule has 2 aromatic carbocycles. The predicted molar refractivity (Wildman–Crippen MR) is 76.8 cm³/mol. The number of hydrogen-bond donors (Lipinski definition) is 0. The molecule has 97 valence electrons. The third-order valence-corrected chi connectivity index (χ3v) is 3.46. The van der Waals surface area contributed by atoms with Gasteiger partial charge in [0.25, 0.3) is 0 Å². The Morgan fingerprint density at radius 2 is 1.42 bits per heavy atom. The fraction of sp³-hybridized carbons (Fsp3) is 0.294. The molecule has 1 aliphatic heterocycles. The van der Waals surface area contributed by atoms with Crippen molar-refractivity contribution in [1.82, 2.24) is 5.06 Å². The second-order valence-electron chi connectivity index (χ2n) is 4.89. The maximum absolute atomic E-state index is 5.87. The summed E-state index contributed by atoms with van der Waals surface area (Å²) in [5.41, 5.74) is 2.42. The minimum Gasteiger partial charge on any atom is -0.406 e. The van der Waals surface area contributed by atoms with E-state index >= 15 is 0 Å². The minimum atomic E-state index is 0.924. The number of piperidine rings is 1. The maximum atomic E-state index is 5.87. The Kier molecular flexibility index (Phi) is 3.80. The summed E-state index contributed by atoms with van der Waals surface area (Å²) in [7, 11) is 0. The molecule has 0 aromatic heterocycles. The average molecular weight is 252 g/mol. The predicted octanol–water partition coefficient (Wildman–Crippen LogP) is 3.93. The van der Waals surface area contributed by atoms with Crippen molar-refractivity contribution in [3.63, 3.8) is 0 Å². The lowest BCUT2D eigenvalue weighted by molar-refractivity contribution is -0.0719. The summed E-state index contributed by atoms with van der Waals surface area (Å²) in [5, 5.41) is 2.07. The Balaban J connectivity index is 1.68. The van der Waals surface area contributed by atoms with E-state index in [9.17, 15) is 0 Å². The van der Waals surface area contributed by atoms with E-state index in [2.05, 4.69) is 35.4 Å². The molecule has 0 bridgehead atoms. The van der Waals surface area contributed by atoms with Gasteiger partial charge in [0.05, 0.1) is 0 Å². The third-order valence-electron chi connectivity index (χ3n) is 3.46. The maximum Gasteiger partial charge on any atom is 0.147 e. The zero-order valence-electron chi connectivity index (χ0n) is 11.0. The second kappa shape index (κ2) is 5.89. The highest BCUT2D eigenvalue weighted by Gasteiger charge is 2.11. The van der Waals surface area contributed by atoms with E-state index in [4.69, 9.17) is 4.84 Å². The first-order valence-corrected chi connectivity index (χ1v) is 6.91. The van der Waals surface area contributed by atoms with Crippen LogP contribution in [0.15, 0.2) is 48.5 Å². The number of benzene rings is 2. The average Bonchev–Trinajstić information content (AvgIpc) is 2.50. The molecule has 1 radical (unpaired) electrons. The van der Waals surface area contributed by atoms with Crippen LogP contribution in [0.2, 0.25) is 0 Å². The van der Waals surface area contributed by atoms with Crippen LogP contribution < -0.4 is 4.84 Å². The van der Waals surface area contributed by atoms with Crippen molar-refractivity contribution in [3.05, 3.63) is 54.6 Å². The Labute approximate surface area is 114 Å². The molecule has 0 N–H and O–H groups in total. The topological polar surface area (TPSA) is 12.5 Å².